The van der Waals surface area contributed by atoms with E-state index >= 15 is 0 Å². The summed E-state index contributed by atoms with van der Waals surface area (Å²) in [7, 11) is 0. The molecule has 0 saturated carbocycles. The van der Waals surface area contributed by atoms with Crippen molar-refractivity contribution in [1.82, 2.24) is 24.6 Å². The van der Waals surface area contributed by atoms with Gasteiger partial charge in [0.15, 0.2) is 22.7 Å². The predicted octanol–water partition coefficient (Wildman–Crippen LogP) is 4.55. The van der Waals surface area contributed by atoms with Gasteiger partial charge in [-0.25, -0.2) is 4.98 Å². The van der Waals surface area contributed by atoms with Crippen molar-refractivity contribution in [3.05, 3.63) is 52.2 Å². The largest absolute Gasteiger partial charge is 0.297 e. The summed E-state index contributed by atoms with van der Waals surface area (Å²) in [6.45, 7) is 6.15. The molecule has 0 aliphatic carbocycles. The van der Waals surface area contributed by atoms with E-state index in [1.165, 1.54) is 42.4 Å². The summed E-state index contributed by atoms with van der Waals surface area (Å²) < 4.78 is 2.05. The number of rotatable bonds is 8. The summed E-state index contributed by atoms with van der Waals surface area (Å²) in [6.07, 6.45) is 3.67. The molecule has 1 fully saturated rings. The second kappa shape index (κ2) is 10.4. The van der Waals surface area contributed by atoms with Gasteiger partial charge < -0.3 is 0 Å². The molecular weight excluding hydrogens is 440 g/mol. The molecule has 0 bridgehead atoms. The molecular formula is C23H26N6OS2. The predicted molar refractivity (Wildman–Crippen MR) is 126 cm³/mol. The fourth-order valence-electron chi connectivity index (χ4n) is 3.92. The molecule has 9 heteroatoms. The normalized spacial score (nSPS) is 16.4. The molecule has 2 unspecified atom stereocenters. The Labute approximate surface area is 196 Å². The maximum atomic E-state index is 12.9. The summed E-state index contributed by atoms with van der Waals surface area (Å²) >= 11 is 2.68. The molecule has 2 atom stereocenters. The number of carbonyl (C=O) groups excluding carboxylic acids is 1. The first-order chi connectivity index (χ1) is 15.6. The summed E-state index contributed by atoms with van der Waals surface area (Å²) in [5, 5.41) is 21.6. The van der Waals surface area contributed by atoms with Crippen molar-refractivity contribution < 1.29 is 4.79 Å². The summed E-state index contributed by atoms with van der Waals surface area (Å²) in [5.74, 6) is 0.00136. The molecule has 166 valence electrons. The van der Waals surface area contributed by atoms with Gasteiger partial charge in [-0.2, -0.15) is 5.26 Å². The van der Waals surface area contributed by atoms with E-state index in [0.29, 0.717) is 10.2 Å². The number of Topliss-reactive ketones (excluding diaryl/α,β-unsaturated/α-hetero) is 1. The number of nitriles is 1. The van der Waals surface area contributed by atoms with Crippen molar-refractivity contribution in [2.45, 2.75) is 50.2 Å². The van der Waals surface area contributed by atoms with Gasteiger partial charge >= 0.3 is 0 Å². The highest BCUT2D eigenvalue weighted by atomic mass is 32.2. The minimum Gasteiger partial charge on any atom is -0.297 e. The lowest BCUT2D eigenvalue weighted by molar-refractivity contribution is -0.116. The molecule has 1 aromatic carbocycles. The number of aromatic nitrogens is 4. The molecule has 3 aromatic rings. The molecule has 1 saturated heterocycles. The van der Waals surface area contributed by atoms with Crippen LogP contribution in [0, 0.1) is 18.3 Å². The first-order valence-electron chi connectivity index (χ1n) is 10.8. The van der Waals surface area contributed by atoms with Gasteiger partial charge in [0.05, 0.1) is 17.9 Å². The summed E-state index contributed by atoms with van der Waals surface area (Å²) in [5.41, 5.74) is 1.80. The number of thiazole rings is 1. The first kappa shape index (κ1) is 22.6. The zero-order chi connectivity index (χ0) is 22.5. The number of thioether (sulfide) groups is 1. The van der Waals surface area contributed by atoms with Gasteiger partial charge in [-0.1, -0.05) is 36.4 Å². The van der Waals surface area contributed by atoms with Crippen LogP contribution in [0.25, 0.3) is 5.69 Å². The number of hydrogen-bond donors (Lipinski definition) is 0. The van der Waals surface area contributed by atoms with E-state index in [2.05, 4.69) is 33.1 Å². The maximum Gasteiger partial charge on any atom is 0.196 e. The standard InChI is InChI=1S/C23H26N6OS2/c1-16-14-31-22(25-16)19(13-24)20(30)15-32-23-27-26-21(17(2)28-11-7-4-8-12-28)29(23)18-9-5-3-6-10-18/h3,5-6,9-10,14,17,19H,4,7-8,11-12,15H2,1-2H3. The van der Waals surface area contributed by atoms with E-state index in [9.17, 15) is 10.1 Å². The third kappa shape index (κ3) is 4.93. The molecule has 2 aromatic heterocycles. The highest BCUT2D eigenvalue weighted by molar-refractivity contribution is 7.99. The minimum absolute atomic E-state index is 0.123. The Bertz CT molecular complexity index is 1100. The molecule has 4 rings (SSSR count). The SMILES string of the molecule is Cc1csc(C(C#N)C(=O)CSc2nnc(C(C)N3CCCCC3)n2-c2ccccc2)n1. The number of carbonyl (C=O) groups is 1. The topological polar surface area (TPSA) is 87.7 Å². The highest BCUT2D eigenvalue weighted by Gasteiger charge is 2.27. The number of hydrogen-bond acceptors (Lipinski definition) is 8. The fraction of sp³-hybridized carbons (Fsp3) is 0.435. The first-order valence-corrected chi connectivity index (χ1v) is 12.7. The number of benzene rings is 1. The van der Waals surface area contributed by atoms with E-state index in [1.54, 1.807) is 0 Å². The molecule has 7 nitrogen and oxygen atoms in total. The lowest BCUT2D eigenvalue weighted by atomic mass is 10.1. The van der Waals surface area contributed by atoms with Crippen LogP contribution >= 0.6 is 23.1 Å². The maximum absolute atomic E-state index is 12.9. The van der Waals surface area contributed by atoms with E-state index in [-0.39, 0.29) is 17.6 Å². The lowest BCUT2D eigenvalue weighted by Crippen LogP contribution is -2.33. The van der Waals surface area contributed by atoms with E-state index in [1.807, 2.05) is 47.2 Å². The average molecular weight is 467 g/mol. The Kier molecular flexibility index (Phi) is 7.35. The second-order valence-corrected chi connectivity index (χ2v) is 9.76. The number of nitrogens with zero attached hydrogens (tertiary/aromatic N) is 6. The molecule has 32 heavy (non-hydrogen) atoms. The quantitative estimate of drug-likeness (QED) is 0.450. The zero-order valence-electron chi connectivity index (χ0n) is 18.3. The Hall–Kier alpha value is -2.54. The molecule has 0 spiro atoms. The van der Waals surface area contributed by atoms with Crippen LogP contribution in [0.4, 0.5) is 0 Å². The van der Waals surface area contributed by atoms with Gasteiger partial charge in [0.2, 0.25) is 0 Å². The van der Waals surface area contributed by atoms with Crippen LogP contribution in [0.3, 0.4) is 0 Å². The van der Waals surface area contributed by atoms with Crippen molar-refractivity contribution in [3.63, 3.8) is 0 Å². The van der Waals surface area contributed by atoms with Crippen LogP contribution < -0.4 is 0 Å². The number of ketones is 1. The molecule has 0 radical (unpaired) electrons. The van der Waals surface area contributed by atoms with Gasteiger partial charge in [-0.15, -0.1) is 21.5 Å². The number of aryl methyl sites for hydroxylation is 1. The van der Waals surface area contributed by atoms with Gasteiger partial charge in [-0.3, -0.25) is 14.3 Å². The van der Waals surface area contributed by atoms with E-state index in [0.717, 1.165) is 30.3 Å². The third-order valence-corrected chi connectivity index (χ3v) is 7.64. The molecule has 0 N–H and O–H groups in total. The minimum atomic E-state index is -0.846. The van der Waals surface area contributed by atoms with Crippen LogP contribution in [0.5, 0.6) is 0 Å². The second-order valence-electron chi connectivity index (χ2n) is 7.93. The van der Waals surface area contributed by atoms with Crippen LogP contribution in [-0.2, 0) is 4.79 Å². The summed E-state index contributed by atoms with van der Waals surface area (Å²) in [6, 6.07) is 12.2. The third-order valence-electron chi connectivity index (χ3n) is 5.66. The molecule has 3 heterocycles. The van der Waals surface area contributed by atoms with Crippen molar-refractivity contribution >= 4 is 28.9 Å². The Morgan fingerprint density at radius 2 is 1.97 bits per heavy atom. The van der Waals surface area contributed by atoms with E-state index in [4.69, 9.17) is 0 Å². The summed E-state index contributed by atoms with van der Waals surface area (Å²) in [4.78, 5) is 19.6. The fourth-order valence-corrected chi connectivity index (χ4v) is 5.65. The van der Waals surface area contributed by atoms with Crippen molar-refractivity contribution in [3.8, 4) is 11.8 Å². The van der Waals surface area contributed by atoms with Gasteiger partial charge in [0.1, 0.15) is 5.01 Å². The van der Waals surface area contributed by atoms with Crippen molar-refractivity contribution in [2.24, 2.45) is 0 Å². The molecule has 1 aliphatic heterocycles. The highest BCUT2D eigenvalue weighted by Crippen LogP contribution is 2.30. The number of para-hydroxylation sites is 1. The van der Waals surface area contributed by atoms with Gasteiger partial charge in [0.25, 0.3) is 0 Å². The molecule has 1 aliphatic rings. The van der Waals surface area contributed by atoms with Crippen molar-refractivity contribution in [1.29, 1.82) is 5.26 Å². The van der Waals surface area contributed by atoms with Crippen molar-refractivity contribution in [2.75, 3.05) is 18.8 Å². The molecule has 0 amide bonds. The smallest absolute Gasteiger partial charge is 0.196 e. The number of piperidine rings is 1. The Morgan fingerprint density at radius 1 is 1.22 bits per heavy atom. The Morgan fingerprint density at radius 3 is 2.62 bits per heavy atom. The zero-order valence-corrected chi connectivity index (χ0v) is 19.9. The van der Waals surface area contributed by atoms with E-state index < -0.39 is 5.92 Å². The monoisotopic (exact) mass is 466 g/mol. The van der Waals surface area contributed by atoms with Crippen LogP contribution in [0.15, 0.2) is 40.9 Å². The lowest BCUT2D eigenvalue weighted by Gasteiger charge is -2.31. The average Bonchev–Trinajstić information content (AvgIpc) is 3.45. The van der Waals surface area contributed by atoms with Crippen LogP contribution in [-0.4, -0.2) is 49.3 Å². The van der Waals surface area contributed by atoms with Crippen LogP contribution in [0.1, 0.15) is 54.7 Å². The number of likely N-dealkylation sites (tertiary alicyclic amines) is 1. The van der Waals surface area contributed by atoms with Gasteiger partial charge in [-0.05, 0) is 51.9 Å². The Balaban J connectivity index is 1.57. The van der Waals surface area contributed by atoms with Crippen LogP contribution in [0.2, 0.25) is 0 Å². The van der Waals surface area contributed by atoms with Gasteiger partial charge in [0, 0.05) is 16.8 Å².